The average Bonchev–Trinajstić information content (AvgIpc) is 3.30. The quantitative estimate of drug-likeness (QED) is 0.0415. The van der Waals surface area contributed by atoms with E-state index in [-0.39, 0.29) is 20.8 Å². The van der Waals surface area contributed by atoms with Crippen LogP contribution in [0.3, 0.4) is 0 Å². The highest BCUT2D eigenvalue weighted by atomic mass is 32.2. The van der Waals surface area contributed by atoms with Gasteiger partial charge >= 0.3 is 22.3 Å². The number of nitrogen functional groups attached to an aromatic ring is 1. The highest BCUT2D eigenvalue weighted by Crippen LogP contribution is 2.24. The second kappa shape index (κ2) is 11.9. The van der Waals surface area contributed by atoms with Gasteiger partial charge in [0.25, 0.3) is 11.8 Å². The number of nitrogens with one attached hydrogen (secondary N) is 3. The van der Waals surface area contributed by atoms with Gasteiger partial charge in [0.15, 0.2) is 16.6 Å². The van der Waals surface area contributed by atoms with Crippen molar-refractivity contribution >= 4 is 56.3 Å². The third-order valence-corrected chi connectivity index (χ3v) is 7.18. The molecule has 1 aliphatic rings. The smallest absolute Gasteiger partial charge is 0.362 e. The molecule has 0 unspecified atom stereocenters. The first kappa shape index (κ1) is 31.6. The summed E-state index contributed by atoms with van der Waals surface area (Å²) in [4.78, 5) is 69.6. The summed E-state index contributed by atoms with van der Waals surface area (Å²) >= 11 is 0.895. The molecule has 0 radical (unpaired) electrons. The molecule has 20 nitrogen and oxygen atoms in total. The number of aliphatic carboxylic acids is 1. The largest absolute Gasteiger partial charge is 0.503 e. The summed E-state index contributed by atoms with van der Waals surface area (Å²) in [5.41, 5.74) is 1.93. The minimum atomic E-state index is -5.14. The number of carboxylic acid groups (broad SMARTS) is 1. The number of nitrogens with zero attached hydrogens (tertiary/aromatic N) is 4. The van der Waals surface area contributed by atoms with Gasteiger partial charge in [-0.15, -0.1) is 11.3 Å². The molecule has 1 saturated heterocycles. The molecular weight excluding hydrogens is 608 g/mol. The van der Waals surface area contributed by atoms with E-state index in [4.69, 9.17) is 10.6 Å². The third kappa shape index (κ3) is 7.02. The van der Waals surface area contributed by atoms with E-state index in [1.807, 2.05) is 0 Å². The number of aromatic nitrogens is 2. The highest BCUT2D eigenvalue weighted by molar-refractivity contribution is 7.84. The third-order valence-electron chi connectivity index (χ3n) is 5.56. The number of thiazole rings is 1. The Morgan fingerprint density at radius 2 is 1.93 bits per heavy atom. The van der Waals surface area contributed by atoms with Crippen LogP contribution in [0, 0.1) is 0 Å². The van der Waals surface area contributed by atoms with Gasteiger partial charge in [0.05, 0.1) is 24.5 Å². The van der Waals surface area contributed by atoms with E-state index in [0.29, 0.717) is 10.9 Å². The molecule has 3 heterocycles. The Kier molecular flexibility index (Phi) is 8.93. The van der Waals surface area contributed by atoms with E-state index in [9.17, 15) is 52.4 Å². The predicted octanol–water partition coefficient (Wildman–Crippen LogP) is -2.59. The van der Waals surface area contributed by atoms with Crippen molar-refractivity contribution in [3.63, 3.8) is 0 Å². The number of urea groups is 1. The Labute approximate surface area is 239 Å². The van der Waals surface area contributed by atoms with Gasteiger partial charge in [0.1, 0.15) is 11.7 Å². The van der Waals surface area contributed by atoms with E-state index in [0.717, 1.165) is 31.3 Å². The van der Waals surface area contributed by atoms with Gasteiger partial charge in [-0.05, 0) is 13.8 Å². The molecule has 4 amide bonds. The predicted molar refractivity (Wildman–Crippen MR) is 140 cm³/mol. The minimum Gasteiger partial charge on any atom is -0.503 e. The number of oxime groups is 1. The lowest BCUT2D eigenvalue weighted by atomic mass is 9.98. The van der Waals surface area contributed by atoms with Crippen molar-refractivity contribution in [1.82, 2.24) is 30.0 Å². The van der Waals surface area contributed by atoms with Crippen LogP contribution in [0.15, 0.2) is 27.6 Å². The first-order valence-corrected chi connectivity index (χ1v) is 13.7. The summed E-state index contributed by atoms with van der Waals surface area (Å²) in [5.74, 6) is -4.63. The number of carboxylic acids is 1. The Bertz CT molecular complexity index is 1620. The van der Waals surface area contributed by atoms with Gasteiger partial charge in [-0.2, -0.15) is 13.1 Å². The molecular formula is C20H24N8O12S2. The minimum absolute atomic E-state index is 0.00106. The number of β-lactam (4-membered cyclic amide) rings is 1. The maximum Gasteiger partial charge on any atom is 0.362 e. The number of nitrogens with two attached hydrogens (primary N) is 1. The lowest BCUT2D eigenvalue weighted by molar-refractivity contribution is -0.161. The fourth-order valence-electron chi connectivity index (χ4n) is 3.29. The van der Waals surface area contributed by atoms with Gasteiger partial charge in [0, 0.05) is 18.0 Å². The Morgan fingerprint density at radius 1 is 1.26 bits per heavy atom. The van der Waals surface area contributed by atoms with Gasteiger partial charge < -0.3 is 41.9 Å². The van der Waals surface area contributed by atoms with E-state index >= 15 is 0 Å². The normalized spacial score (nSPS) is 17.3. The molecule has 3 rings (SSSR count). The Morgan fingerprint density at radius 3 is 2.50 bits per heavy atom. The number of hydrogen-bond donors (Lipinski definition) is 8. The second-order valence-corrected chi connectivity index (χ2v) is 11.1. The summed E-state index contributed by atoms with van der Waals surface area (Å²) in [6.07, 6.45) is 0.694. The van der Waals surface area contributed by atoms with Crippen LogP contribution in [0.25, 0.3) is 0 Å². The van der Waals surface area contributed by atoms with Crippen LogP contribution < -0.4 is 27.1 Å². The van der Waals surface area contributed by atoms with E-state index in [2.05, 4.69) is 26.1 Å². The number of anilines is 1. The summed E-state index contributed by atoms with van der Waals surface area (Å²) in [7, 11) is -5.14. The number of rotatable bonds is 11. The zero-order chi connectivity index (χ0) is 31.6. The van der Waals surface area contributed by atoms with Crippen LogP contribution >= 0.6 is 11.3 Å². The van der Waals surface area contributed by atoms with Crippen molar-refractivity contribution in [3.05, 3.63) is 39.3 Å². The lowest BCUT2D eigenvalue weighted by Crippen LogP contribution is -2.74. The number of amides is 4. The van der Waals surface area contributed by atoms with Crippen LogP contribution in [-0.2, 0) is 36.1 Å². The molecule has 0 aliphatic carbocycles. The second-order valence-electron chi connectivity index (χ2n) is 8.97. The van der Waals surface area contributed by atoms with Gasteiger partial charge in [-0.3, -0.25) is 18.9 Å². The lowest BCUT2D eigenvalue weighted by Gasteiger charge is -2.44. The molecule has 0 bridgehead atoms. The molecule has 22 heteroatoms. The van der Waals surface area contributed by atoms with E-state index in [1.165, 1.54) is 5.38 Å². The number of hydrogen-bond acceptors (Lipinski definition) is 14. The maximum atomic E-state index is 13.1. The Hall–Kier alpha value is -4.96. The maximum absolute atomic E-state index is 13.1. The monoisotopic (exact) mass is 632 g/mol. The molecule has 2 aromatic heterocycles. The zero-order valence-electron chi connectivity index (χ0n) is 21.5. The van der Waals surface area contributed by atoms with Crippen molar-refractivity contribution in [2.24, 2.45) is 5.16 Å². The summed E-state index contributed by atoms with van der Waals surface area (Å²) < 4.78 is 33.4. The van der Waals surface area contributed by atoms with E-state index < -0.39 is 81.8 Å². The topological polar surface area (TPSA) is 305 Å². The van der Waals surface area contributed by atoms with E-state index in [1.54, 1.807) is 0 Å². The molecule has 2 aromatic rings. The standard InChI is InChI=1S/C20H24N8O12S2/c1-20(2,17(33)34)40-26-13(9-7-41-18(21)24-9)15(31)25-14-10(28(16(14)32)42(37,38)39)5-23-19(35)22-4-8-3-11(29)12(30)6-27(8)36/h3,6-7,10,14,30,36H,4-5H2,1-2H3,(H2,21,24)(H,25,31)(H,33,34)(H2,22,23,35)(H,37,38,39)/t10-,14-/m0/s1. The first-order valence-electron chi connectivity index (χ1n) is 11.4. The molecule has 1 aliphatic heterocycles. The van der Waals surface area contributed by atoms with Crippen molar-refractivity contribution in [2.45, 2.75) is 38.1 Å². The SMILES string of the molecule is CC(C)(ON=C(C(=O)N[C@@H]1C(=O)N(S(=O)(=O)O)[C@H]1CNC(=O)NCc1cc(=O)c(O)cn1O)c1csc(N)n1)C(=O)O. The molecule has 2 atom stereocenters. The number of carbonyl (C=O) groups is 4. The van der Waals surface area contributed by atoms with Gasteiger partial charge in [0.2, 0.25) is 11.0 Å². The zero-order valence-corrected chi connectivity index (χ0v) is 23.2. The van der Waals surface area contributed by atoms with Crippen molar-refractivity contribution < 1.29 is 52.4 Å². The number of pyridine rings is 1. The molecule has 9 N–H and O–H groups in total. The molecule has 0 saturated carbocycles. The number of aromatic hydroxyl groups is 1. The van der Waals surface area contributed by atoms with Crippen molar-refractivity contribution in [2.75, 3.05) is 12.3 Å². The summed E-state index contributed by atoms with van der Waals surface area (Å²) in [6, 6.07) is -3.35. The fourth-order valence-corrected chi connectivity index (χ4v) is 4.71. The number of carbonyl (C=O) groups excluding carboxylic acids is 3. The molecule has 42 heavy (non-hydrogen) atoms. The van der Waals surface area contributed by atoms with Crippen LogP contribution in [0.2, 0.25) is 0 Å². The van der Waals surface area contributed by atoms with Crippen molar-refractivity contribution in [1.29, 1.82) is 0 Å². The highest BCUT2D eigenvalue weighted by Gasteiger charge is 2.54. The fraction of sp³-hybridized carbons (Fsp3) is 0.350. The van der Waals surface area contributed by atoms with Crippen LogP contribution in [-0.4, -0.2) is 96.2 Å². The average molecular weight is 633 g/mol. The molecule has 228 valence electrons. The Balaban J connectivity index is 1.76. The molecule has 1 fully saturated rings. The van der Waals surface area contributed by atoms with Crippen molar-refractivity contribution in [3.8, 4) is 5.75 Å². The van der Waals surface area contributed by atoms with Gasteiger partial charge in [-0.1, -0.05) is 5.16 Å². The van der Waals surface area contributed by atoms with Crippen LogP contribution in [0.4, 0.5) is 9.93 Å². The molecule has 0 spiro atoms. The van der Waals surface area contributed by atoms with Crippen LogP contribution in [0.1, 0.15) is 25.2 Å². The summed E-state index contributed by atoms with van der Waals surface area (Å²) in [5, 5.41) is 39.7. The van der Waals surface area contributed by atoms with Gasteiger partial charge in [-0.25, -0.2) is 18.9 Å². The summed E-state index contributed by atoms with van der Waals surface area (Å²) in [6.45, 7) is 1.18. The first-order chi connectivity index (χ1) is 19.4. The molecule has 0 aromatic carbocycles. The van der Waals surface area contributed by atoms with Crippen LogP contribution in [0.5, 0.6) is 5.75 Å².